The highest BCUT2D eigenvalue weighted by atomic mass is 35.5. The molecule has 92 valence electrons. The molecule has 0 saturated heterocycles. The fraction of sp³-hybridized carbons (Fsp3) is 0.769. The average Bonchev–Trinajstić information content (AvgIpc) is 2.68. The lowest BCUT2D eigenvalue weighted by Crippen LogP contribution is -2.11. The minimum Gasteiger partial charge on any atom is -0.270 e. The van der Waals surface area contributed by atoms with Gasteiger partial charge in [0.2, 0.25) is 0 Å². The Bertz CT molecular complexity index is 318. The maximum absolute atomic E-state index is 6.27. The fourth-order valence-corrected chi connectivity index (χ4v) is 1.89. The Hall–Kier alpha value is -0.500. The Labute approximate surface area is 104 Å². The van der Waals surface area contributed by atoms with Crippen LogP contribution in [0.3, 0.4) is 0 Å². The number of nitrogens with zero attached hydrogens (tertiary/aromatic N) is 2. The first-order valence-corrected chi connectivity index (χ1v) is 6.71. The zero-order valence-electron chi connectivity index (χ0n) is 10.8. The van der Waals surface area contributed by atoms with Crippen LogP contribution in [-0.2, 0) is 19.4 Å². The van der Waals surface area contributed by atoms with Crippen molar-refractivity contribution < 1.29 is 0 Å². The van der Waals surface area contributed by atoms with E-state index in [1.165, 1.54) is 11.4 Å². The predicted octanol–water partition coefficient (Wildman–Crippen LogP) is 3.66. The molecule has 0 N–H and O–H groups in total. The van der Waals surface area contributed by atoms with E-state index in [1.807, 2.05) is 0 Å². The summed E-state index contributed by atoms with van der Waals surface area (Å²) in [5.41, 5.74) is 2.51. The van der Waals surface area contributed by atoms with E-state index in [1.54, 1.807) is 0 Å². The van der Waals surface area contributed by atoms with Crippen LogP contribution in [0.25, 0.3) is 0 Å². The Balaban J connectivity index is 2.62. The van der Waals surface area contributed by atoms with Crippen molar-refractivity contribution in [2.75, 3.05) is 0 Å². The van der Waals surface area contributed by atoms with Crippen LogP contribution >= 0.6 is 11.6 Å². The molecule has 0 aliphatic heterocycles. The van der Waals surface area contributed by atoms with E-state index in [0.29, 0.717) is 5.92 Å². The molecule has 1 heterocycles. The van der Waals surface area contributed by atoms with Gasteiger partial charge in [-0.05, 0) is 38.2 Å². The lowest BCUT2D eigenvalue weighted by atomic mass is 10.0. The number of halogens is 1. The molecular weight excluding hydrogens is 220 g/mol. The third-order valence-electron chi connectivity index (χ3n) is 2.98. The van der Waals surface area contributed by atoms with Crippen LogP contribution in [0, 0.1) is 5.92 Å². The van der Waals surface area contributed by atoms with Gasteiger partial charge < -0.3 is 0 Å². The van der Waals surface area contributed by atoms with Crippen molar-refractivity contribution in [2.45, 2.75) is 58.9 Å². The van der Waals surface area contributed by atoms with Gasteiger partial charge in [-0.1, -0.05) is 20.8 Å². The predicted molar refractivity (Wildman–Crippen MR) is 70.1 cm³/mol. The largest absolute Gasteiger partial charge is 0.270 e. The summed E-state index contributed by atoms with van der Waals surface area (Å²) in [6, 6.07) is 2.22. The van der Waals surface area contributed by atoms with E-state index in [4.69, 9.17) is 11.6 Å². The Morgan fingerprint density at radius 1 is 1.38 bits per heavy atom. The highest BCUT2D eigenvalue weighted by molar-refractivity contribution is 6.20. The Morgan fingerprint density at radius 3 is 2.56 bits per heavy atom. The topological polar surface area (TPSA) is 17.8 Å². The second kappa shape index (κ2) is 6.29. The van der Waals surface area contributed by atoms with Gasteiger partial charge in [0.1, 0.15) is 0 Å². The summed E-state index contributed by atoms with van der Waals surface area (Å²) >= 11 is 6.27. The molecule has 0 aromatic carbocycles. The van der Waals surface area contributed by atoms with Crippen molar-refractivity contribution in [1.82, 2.24) is 9.78 Å². The second-order valence-corrected chi connectivity index (χ2v) is 5.16. The van der Waals surface area contributed by atoms with E-state index in [2.05, 4.69) is 43.5 Å². The highest BCUT2D eigenvalue weighted by Gasteiger charge is 2.12. The quantitative estimate of drug-likeness (QED) is 0.697. The van der Waals surface area contributed by atoms with Crippen LogP contribution in [0.4, 0.5) is 0 Å². The van der Waals surface area contributed by atoms with Crippen molar-refractivity contribution in [3.63, 3.8) is 0 Å². The first kappa shape index (κ1) is 13.6. The lowest BCUT2D eigenvalue weighted by molar-refractivity contribution is 0.542. The Kier molecular flexibility index (Phi) is 5.33. The van der Waals surface area contributed by atoms with Crippen LogP contribution in [0.1, 0.15) is 45.5 Å². The van der Waals surface area contributed by atoms with Gasteiger partial charge in [0.15, 0.2) is 0 Å². The standard InChI is InChI=1S/C13H23ClN2/c1-5-11-9-12(16(6-2)15-11)7-8-13(14)10(3)4/h9-10,13H,5-8H2,1-4H3. The molecule has 0 fully saturated rings. The summed E-state index contributed by atoms with van der Waals surface area (Å²) in [5.74, 6) is 0.547. The van der Waals surface area contributed by atoms with Crippen LogP contribution in [0.5, 0.6) is 0 Å². The molecule has 0 aliphatic carbocycles. The summed E-state index contributed by atoms with van der Waals surface area (Å²) in [6.07, 6.45) is 3.08. The smallest absolute Gasteiger partial charge is 0.0624 e. The van der Waals surface area contributed by atoms with Crippen molar-refractivity contribution in [2.24, 2.45) is 5.92 Å². The van der Waals surface area contributed by atoms with Gasteiger partial charge >= 0.3 is 0 Å². The number of rotatable bonds is 6. The maximum atomic E-state index is 6.27. The zero-order chi connectivity index (χ0) is 12.1. The molecule has 1 atom stereocenters. The third-order valence-corrected chi connectivity index (χ3v) is 3.70. The highest BCUT2D eigenvalue weighted by Crippen LogP contribution is 2.17. The van der Waals surface area contributed by atoms with Crippen LogP contribution in [0.2, 0.25) is 0 Å². The maximum Gasteiger partial charge on any atom is 0.0624 e. The molecule has 1 aromatic heterocycles. The van der Waals surface area contributed by atoms with E-state index < -0.39 is 0 Å². The molecule has 1 rings (SSSR count). The monoisotopic (exact) mass is 242 g/mol. The minimum atomic E-state index is 0.269. The SMILES string of the molecule is CCc1cc(CCC(Cl)C(C)C)n(CC)n1. The summed E-state index contributed by atoms with van der Waals surface area (Å²) < 4.78 is 2.10. The van der Waals surface area contributed by atoms with Gasteiger partial charge in [0, 0.05) is 17.6 Å². The molecule has 1 unspecified atom stereocenters. The van der Waals surface area contributed by atoms with Crippen LogP contribution < -0.4 is 0 Å². The molecule has 0 saturated carbocycles. The Morgan fingerprint density at radius 2 is 2.06 bits per heavy atom. The lowest BCUT2D eigenvalue weighted by Gasteiger charge is -2.13. The third kappa shape index (κ3) is 3.51. The number of hydrogen-bond donors (Lipinski definition) is 0. The molecule has 16 heavy (non-hydrogen) atoms. The van der Waals surface area contributed by atoms with Crippen molar-refractivity contribution in [3.8, 4) is 0 Å². The van der Waals surface area contributed by atoms with E-state index in [-0.39, 0.29) is 5.38 Å². The van der Waals surface area contributed by atoms with Crippen LogP contribution in [-0.4, -0.2) is 15.2 Å². The van der Waals surface area contributed by atoms with Gasteiger partial charge in [0.05, 0.1) is 5.69 Å². The van der Waals surface area contributed by atoms with Crippen molar-refractivity contribution >= 4 is 11.6 Å². The van der Waals surface area contributed by atoms with Gasteiger partial charge in [-0.3, -0.25) is 4.68 Å². The molecule has 0 amide bonds. The fourth-order valence-electron chi connectivity index (χ4n) is 1.78. The molecule has 0 bridgehead atoms. The van der Waals surface area contributed by atoms with Gasteiger partial charge in [-0.25, -0.2) is 0 Å². The minimum absolute atomic E-state index is 0.269. The summed E-state index contributed by atoms with van der Waals surface area (Å²) in [6.45, 7) is 9.57. The number of aromatic nitrogens is 2. The molecular formula is C13H23ClN2. The van der Waals surface area contributed by atoms with E-state index >= 15 is 0 Å². The van der Waals surface area contributed by atoms with Crippen molar-refractivity contribution in [1.29, 1.82) is 0 Å². The van der Waals surface area contributed by atoms with E-state index in [9.17, 15) is 0 Å². The summed E-state index contributed by atoms with van der Waals surface area (Å²) in [4.78, 5) is 0. The van der Waals surface area contributed by atoms with Crippen molar-refractivity contribution in [3.05, 3.63) is 17.5 Å². The number of aryl methyl sites for hydroxylation is 3. The molecule has 2 nitrogen and oxygen atoms in total. The molecule has 0 radical (unpaired) electrons. The normalized spacial score (nSPS) is 13.4. The average molecular weight is 243 g/mol. The van der Waals surface area contributed by atoms with E-state index in [0.717, 1.165) is 25.8 Å². The first-order valence-electron chi connectivity index (χ1n) is 6.28. The van der Waals surface area contributed by atoms with Gasteiger partial charge in [-0.2, -0.15) is 5.10 Å². The number of hydrogen-bond acceptors (Lipinski definition) is 1. The number of alkyl halides is 1. The molecule has 1 aromatic rings. The van der Waals surface area contributed by atoms with Gasteiger partial charge in [0.25, 0.3) is 0 Å². The summed E-state index contributed by atoms with van der Waals surface area (Å²) in [7, 11) is 0. The summed E-state index contributed by atoms with van der Waals surface area (Å²) in [5, 5.41) is 4.81. The van der Waals surface area contributed by atoms with Gasteiger partial charge in [-0.15, -0.1) is 11.6 Å². The molecule has 0 aliphatic rings. The second-order valence-electron chi connectivity index (χ2n) is 4.60. The van der Waals surface area contributed by atoms with Crippen LogP contribution in [0.15, 0.2) is 6.07 Å². The molecule has 3 heteroatoms. The first-order chi connectivity index (χ1) is 7.58. The zero-order valence-corrected chi connectivity index (χ0v) is 11.6. The molecule has 0 spiro atoms.